The molecule has 0 atom stereocenters. The Morgan fingerprint density at radius 3 is 2.44 bits per heavy atom. The zero-order chi connectivity index (χ0) is 25.7. The Balaban J connectivity index is 1.56. The largest absolute Gasteiger partial charge is 0.370 e. The van der Waals surface area contributed by atoms with Crippen molar-refractivity contribution >= 4 is 49.9 Å². The second-order valence-electron chi connectivity index (χ2n) is 8.53. The van der Waals surface area contributed by atoms with Gasteiger partial charge in [0.2, 0.25) is 21.1 Å². The fraction of sp³-hybridized carbons (Fsp3) is 0.269. The van der Waals surface area contributed by atoms with Crippen LogP contribution in [0.2, 0.25) is 0 Å². The van der Waals surface area contributed by atoms with Crippen LogP contribution in [0.5, 0.6) is 0 Å². The lowest BCUT2D eigenvalue weighted by molar-refractivity contribution is 0.108. The molecule has 4 rings (SSSR count). The van der Waals surface area contributed by atoms with Crippen LogP contribution in [0, 0.1) is 0 Å². The van der Waals surface area contributed by atoms with Crippen molar-refractivity contribution in [3.8, 4) is 11.3 Å². The number of carbonyl (C=O) groups excluding carboxylic acids is 1. The van der Waals surface area contributed by atoms with Gasteiger partial charge < -0.3 is 10.2 Å². The number of aromatic nitrogens is 2. The standard InChI is InChI=1S/C26H29N5O3S2/c1-4-35-25(32)22-17-21(9-10-24(22)31-15-12-18(2)13-16-31)28-26-27-14-11-23(29-26)19-5-7-20(8-6-19)30-36(3,33)34/h5-11,14,17,30H,2,4,12-13,15-16H2,1,3H3,(H,27,28,29). The molecule has 0 spiro atoms. The Labute approximate surface area is 216 Å². The number of nitrogens with zero attached hydrogens (tertiary/aromatic N) is 3. The maximum absolute atomic E-state index is 12.9. The first-order chi connectivity index (χ1) is 17.2. The molecule has 0 radical (unpaired) electrons. The van der Waals surface area contributed by atoms with Gasteiger partial charge in [-0.3, -0.25) is 9.52 Å². The molecule has 10 heteroatoms. The predicted octanol–water partition coefficient (Wildman–Crippen LogP) is 5.31. The van der Waals surface area contributed by atoms with E-state index in [-0.39, 0.29) is 5.12 Å². The summed E-state index contributed by atoms with van der Waals surface area (Å²) in [6.45, 7) is 7.77. The van der Waals surface area contributed by atoms with Crippen LogP contribution in [-0.2, 0) is 10.0 Å². The summed E-state index contributed by atoms with van der Waals surface area (Å²) in [5, 5.41) is 3.26. The Morgan fingerprint density at radius 2 is 1.78 bits per heavy atom. The minimum atomic E-state index is -3.34. The van der Waals surface area contributed by atoms with Crippen molar-refractivity contribution in [2.75, 3.05) is 40.0 Å². The monoisotopic (exact) mass is 523 g/mol. The second-order valence-corrected chi connectivity index (χ2v) is 11.5. The van der Waals surface area contributed by atoms with Crippen LogP contribution >= 0.6 is 11.8 Å². The van der Waals surface area contributed by atoms with Crippen LogP contribution in [0.3, 0.4) is 0 Å². The molecular weight excluding hydrogens is 494 g/mol. The van der Waals surface area contributed by atoms with E-state index in [1.807, 2.05) is 25.1 Å². The van der Waals surface area contributed by atoms with Gasteiger partial charge in [0, 0.05) is 41.9 Å². The lowest BCUT2D eigenvalue weighted by Gasteiger charge is -2.31. The molecule has 2 aromatic carbocycles. The summed E-state index contributed by atoms with van der Waals surface area (Å²) >= 11 is 1.30. The van der Waals surface area contributed by atoms with Crippen molar-refractivity contribution in [1.82, 2.24) is 9.97 Å². The summed E-state index contributed by atoms with van der Waals surface area (Å²) < 4.78 is 25.3. The first-order valence-electron chi connectivity index (χ1n) is 11.6. The van der Waals surface area contributed by atoms with Gasteiger partial charge in [-0.05, 0) is 55.0 Å². The van der Waals surface area contributed by atoms with Gasteiger partial charge in [-0.1, -0.05) is 43.0 Å². The predicted molar refractivity (Wildman–Crippen MR) is 149 cm³/mol. The number of thioether (sulfide) groups is 1. The molecule has 3 aromatic rings. The zero-order valence-electron chi connectivity index (χ0n) is 20.3. The van der Waals surface area contributed by atoms with E-state index in [0.29, 0.717) is 28.6 Å². The topological polar surface area (TPSA) is 104 Å². The maximum Gasteiger partial charge on any atom is 0.229 e. The Kier molecular flexibility index (Phi) is 7.95. The van der Waals surface area contributed by atoms with Crippen LogP contribution in [0.4, 0.5) is 23.0 Å². The molecule has 0 amide bonds. The third-order valence-corrected chi connectivity index (χ3v) is 7.08. The molecule has 2 heterocycles. The Bertz CT molecular complexity index is 1360. The van der Waals surface area contributed by atoms with E-state index in [2.05, 4.69) is 31.5 Å². The molecular formula is C26H29N5O3S2. The van der Waals surface area contributed by atoms with Crippen LogP contribution in [-0.4, -0.2) is 48.6 Å². The summed E-state index contributed by atoms with van der Waals surface area (Å²) in [4.78, 5) is 24.1. The van der Waals surface area contributed by atoms with Crippen LogP contribution < -0.4 is 14.9 Å². The molecule has 0 aliphatic carbocycles. The van der Waals surface area contributed by atoms with Crippen molar-refractivity contribution < 1.29 is 13.2 Å². The number of nitrogens with one attached hydrogen (secondary N) is 2. The van der Waals surface area contributed by atoms with Gasteiger partial charge in [0.05, 0.1) is 17.5 Å². The third-order valence-electron chi connectivity index (χ3n) is 5.70. The van der Waals surface area contributed by atoms with E-state index < -0.39 is 10.0 Å². The molecule has 0 unspecified atom stereocenters. The van der Waals surface area contributed by atoms with Crippen LogP contribution in [0.15, 0.2) is 66.9 Å². The number of benzene rings is 2. The molecule has 0 saturated carbocycles. The molecule has 1 aliphatic rings. The van der Waals surface area contributed by atoms with Crippen molar-refractivity contribution in [2.24, 2.45) is 0 Å². The lowest BCUT2D eigenvalue weighted by atomic mass is 10.0. The van der Waals surface area contributed by atoms with E-state index >= 15 is 0 Å². The van der Waals surface area contributed by atoms with E-state index in [0.717, 1.165) is 49.1 Å². The number of hydrogen-bond donors (Lipinski definition) is 2. The summed E-state index contributed by atoms with van der Waals surface area (Å²) in [6.07, 6.45) is 4.63. The maximum atomic E-state index is 12.9. The second kappa shape index (κ2) is 11.1. The molecule has 1 aliphatic heterocycles. The summed E-state index contributed by atoms with van der Waals surface area (Å²) in [6, 6.07) is 14.5. The Morgan fingerprint density at radius 1 is 1.08 bits per heavy atom. The number of piperidine rings is 1. The SMILES string of the molecule is C=C1CCN(c2ccc(Nc3nccc(-c4ccc(NS(C)(=O)=O)cc4)n3)cc2C(=O)SCC)CC1. The molecule has 2 N–H and O–H groups in total. The number of anilines is 4. The van der Waals surface area contributed by atoms with Gasteiger partial charge >= 0.3 is 0 Å². The number of sulfonamides is 1. The fourth-order valence-corrected chi connectivity index (χ4v) is 5.10. The van der Waals surface area contributed by atoms with Gasteiger partial charge in [-0.15, -0.1) is 0 Å². The van der Waals surface area contributed by atoms with Gasteiger partial charge in [-0.25, -0.2) is 18.4 Å². The van der Waals surface area contributed by atoms with Crippen molar-refractivity contribution in [3.05, 3.63) is 72.4 Å². The number of rotatable bonds is 8. The normalized spacial score (nSPS) is 13.9. The molecule has 1 saturated heterocycles. The van der Waals surface area contributed by atoms with Crippen molar-refractivity contribution in [2.45, 2.75) is 19.8 Å². The van der Waals surface area contributed by atoms with E-state index in [9.17, 15) is 13.2 Å². The molecule has 1 fully saturated rings. The average Bonchev–Trinajstić information content (AvgIpc) is 2.84. The molecule has 36 heavy (non-hydrogen) atoms. The molecule has 188 valence electrons. The van der Waals surface area contributed by atoms with Crippen molar-refractivity contribution in [3.63, 3.8) is 0 Å². The van der Waals surface area contributed by atoms with Gasteiger partial charge in [0.15, 0.2) is 0 Å². The molecule has 1 aromatic heterocycles. The first kappa shape index (κ1) is 25.7. The molecule has 8 nitrogen and oxygen atoms in total. The van der Waals surface area contributed by atoms with Crippen molar-refractivity contribution in [1.29, 1.82) is 0 Å². The highest BCUT2D eigenvalue weighted by atomic mass is 32.2. The van der Waals surface area contributed by atoms with E-state index in [4.69, 9.17) is 0 Å². The summed E-state index contributed by atoms with van der Waals surface area (Å²) in [5.41, 5.74) is 5.57. The van der Waals surface area contributed by atoms with Crippen LogP contribution in [0.1, 0.15) is 30.1 Å². The number of hydrogen-bond acceptors (Lipinski definition) is 8. The number of carbonyl (C=O) groups is 1. The minimum absolute atomic E-state index is 0.0398. The van der Waals surface area contributed by atoms with Gasteiger partial charge in [-0.2, -0.15) is 0 Å². The highest BCUT2D eigenvalue weighted by Crippen LogP contribution is 2.31. The average molecular weight is 524 g/mol. The summed E-state index contributed by atoms with van der Waals surface area (Å²) in [7, 11) is -3.34. The highest BCUT2D eigenvalue weighted by Gasteiger charge is 2.20. The van der Waals surface area contributed by atoms with Gasteiger partial charge in [0.1, 0.15) is 0 Å². The Hall–Kier alpha value is -3.37. The quantitative estimate of drug-likeness (QED) is 0.383. The minimum Gasteiger partial charge on any atom is -0.370 e. The van der Waals surface area contributed by atoms with E-state index in [1.54, 1.807) is 36.5 Å². The third kappa shape index (κ3) is 6.64. The molecule has 0 bridgehead atoms. The zero-order valence-corrected chi connectivity index (χ0v) is 22.0. The fourth-order valence-electron chi connectivity index (χ4n) is 3.96. The lowest BCUT2D eigenvalue weighted by Crippen LogP contribution is -2.31. The van der Waals surface area contributed by atoms with Gasteiger partial charge in [0.25, 0.3) is 0 Å². The highest BCUT2D eigenvalue weighted by molar-refractivity contribution is 8.14. The van der Waals surface area contributed by atoms with Crippen LogP contribution in [0.25, 0.3) is 11.3 Å². The van der Waals surface area contributed by atoms with E-state index in [1.165, 1.54) is 17.3 Å². The summed E-state index contributed by atoms with van der Waals surface area (Å²) in [5.74, 6) is 1.10. The smallest absolute Gasteiger partial charge is 0.229 e. The first-order valence-corrected chi connectivity index (χ1v) is 14.5.